The van der Waals surface area contributed by atoms with Crippen LogP contribution in [0.2, 0.25) is 0 Å². The number of amides is 27. The van der Waals surface area contributed by atoms with Crippen molar-refractivity contribution in [1.29, 1.82) is 0 Å². The highest BCUT2D eigenvalue weighted by molar-refractivity contribution is 6.28. The molecule has 806 valence electrons. The Kier molecular flexibility index (Phi) is 51.2. The molecule has 0 fully saturated rings. The first-order valence-corrected chi connectivity index (χ1v) is 44.6. The number of hydrogen-bond acceptors (Lipinski definition) is 29. The van der Waals surface area contributed by atoms with Crippen LogP contribution in [-0.4, -0.2) is 639 Å². The van der Waals surface area contributed by atoms with E-state index in [1.807, 2.05) is 0 Å². The van der Waals surface area contributed by atoms with Crippen LogP contribution >= 0.6 is 0 Å². The summed E-state index contributed by atoms with van der Waals surface area (Å²) < 4.78 is 0. The maximum absolute atomic E-state index is 13.4. The second-order valence-electron chi connectivity index (χ2n) is 35.3. The van der Waals surface area contributed by atoms with Crippen molar-refractivity contribution in [3.8, 4) is 0 Å². The second kappa shape index (κ2) is 59.5. The Labute approximate surface area is 844 Å². The number of carboxylic acids is 1. The van der Waals surface area contributed by atoms with Gasteiger partial charge in [0.25, 0.3) is 11.8 Å². The third-order valence-electron chi connectivity index (χ3n) is 22.7. The topological polar surface area (TPSA) is 631 Å². The molecule has 2 rings (SSSR count). The van der Waals surface area contributed by atoms with E-state index in [1.165, 1.54) is 193 Å². The van der Waals surface area contributed by atoms with Gasteiger partial charge in [-0.2, -0.15) is 0 Å². The van der Waals surface area contributed by atoms with Gasteiger partial charge in [-0.05, 0) is 23.2 Å². The predicted molar refractivity (Wildman–Crippen MR) is 513 cm³/mol. The average Bonchev–Trinajstić information content (AvgIpc) is 1.67. The number of azide groups is 1. The van der Waals surface area contributed by atoms with Crippen molar-refractivity contribution in [1.82, 2.24) is 122 Å². The van der Waals surface area contributed by atoms with Gasteiger partial charge in [-0.3, -0.25) is 134 Å². The Balaban J connectivity index is 1.76. The van der Waals surface area contributed by atoms with Crippen LogP contribution in [0.15, 0.2) is 41.5 Å². The molecule has 1 aromatic rings. The lowest BCUT2D eigenvalue weighted by Gasteiger charge is -2.28. The van der Waals surface area contributed by atoms with E-state index in [-0.39, 0.29) is 25.2 Å². The molecule has 0 aromatic heterocycles. The highest BCUT2D eigenvalue weighted by Crippen LogP contribution is 2.21. The summed E-state index contributed by atoms with van der Waals surface area (Å²) in [6, 6.07) is 5.99. The van der Waals surface area contributed by atoms with Crippen LogP contribution in [0.3, 0.4) is 0 Å². The molecule has 1 aliphatic rings. The molecule has 1 aromatic carbocycles. The first kappa shape index (κ1) is 126. The molecule has 1 aliphatic heterocycles. The third-order valence-corrected chi connectivity index (χ3v) is 22.7. The molecule has 0 radical (unpaired) electrons. The van der Waals surface area contributed by atoms with E-state index >= 15 is 0 Å². The molecule has 58 nitrogen and oxygen atoms in total. The summed E-state index contributed by atoms with van der Waals surface area (Å²) in [5, 5.41) is 12.3. The number of aliphatic carboxylic acids is 1. The van der Waals surface area contributed by atoms with Crippen molar-refractivity contribution in [2.75, 3.05) is 351 Å². The second-order valence-corrected chi connectivity index (χ2v) is 35.3. The van der Waals surface area contributed by atoms with E-state index in [0.717, 1.165) is 140 Å². The quantitative estimate of drug-likeness (QED) is 0.0274. The van der Waals surface area contributed by atoms with Gasteiger partial charge in [0, 0.05) is 199 Å². The van der Waals surface area contributed by atoms with Crippen LogP contribution in [0.25, 0.3) is 10.4 Å². The zero-order valence-corrected chi connectivity index (χ0v) is 87.1. The molecule has 1 heterocycles. The van der Waals surface area contributed by atoms with E-state index < -0.39 is 329 Å². The van der Waals surface area contributed by atoms with E-state index in [1.54, 1.807) is 0 Å². The Morgan fingerprint density at radius 1 is 0.226 bits per heavy atom. The molecule has 0 atom stereocenters. The van der Waals surface area contributed by atoms with Crippen LogP contribution in [0, 0.1) is 0 Å². The molecule has 1 N–H and O–H groups in total. The number of carboxylic acid groups (broad SMARTS) is 1. The maximum atomic E-state index is 13.4. The summed E-state index contributed by atoms with van der Waals surface area (Å²) in [5.41, 5.74) is 9.57. The molecule has 58 heteroatoms. The molecule has 27 amide bonds. The summed E-state index contributed by atoms with van der Waals surface area (Å²) in [7, 11) is 30.3. The van der Waals surface area contributed by atoms with Crippen molar-refractivity contribution in [3.05, 3.63) is 52.4 Å². The summed E-state index contributed by atoms with van der Waals surface area (Å²) in [6.07, 6.45) is 2.01. The molecule has 146 heavy (non-hydrogen) atoms. The lowest BCUT2D eigenvalue weighted by Crippen LogP contribution is -2.50. The Morgan fingerprint density at radius 2 is 0.363 bits per heavy atom. The molecule has 0 bridgehead atoms. The first-order chi connectivity index (χ1) is 67.7. The first-order valence-electron chi connectivity index (χ1n) is 44.6. The SMILES string of the molecule is CN(CC(=O)O)C(=O)CN(C)C(=O)CN(C)C(=O)CN(C)C(=O)CN(C)C(=O)CN(C)C(=O)CN(C)C(=O)CN(C)C(=O)CN(C)C(=O)CN(C)C(=O)CN(C)C(=O)CN(C)C(=O)CN(C)C(=O)CN(C)C(=O)CN(C)C(=O)CN(C)C(=O)CN(C)C(=O)CN(C)C(=O)CN(C)C(=O)CN(C)C(=O)CN(C)C(=O)CN(C)C(=O)CN(C)C(=O)CN(C)C(=O)CN(CCN=[N+]=[N-])C(=O)Cc1ccc(N2C(=O)C=CC2=O)cc1. The fraction of sp³-hybridized carbons (Fsp3) is 0.591. The largest absolute Gasteiger partial charge is 0.480 e. The van der Waals surface area contributed by atoms with Crippen LogP contribution in [-0.2, 0) is 141 Å². The van der Waals surface area contributed by atoms with Gasteiger partial charge in [-0.15, -0.1) is 0 Å². The monoisotopic (exact) mass is 2060 g/mol. The zero-order chi connectivity index (χ0) is 112. The van der Waals surface area contributed by atoms with Crippen LogP contribution in [0.5, 0.6) is 0 Å². The van der Waals surface area contributed by atoms with Crippen LogP contribution in [0.4, 0.5) is 5.69 Å². The van der Waals surface area contributed by atoms with Gasteiger partial charge in [0.05, 0.1) is 169 Å². The predicted octanol–water partition coefficient (Wildman–Crippen LogP) is -12.1. The molecule has 0 saturated carbocycles. The van der Waals surface area contributed by atoms with E-state index in [9.17, 15) is 134 Å². The lowest BCUT2D eigenvalue weighted by atomic mass is 10.1. The number of anilines is 1. The Morgan fingerprint density at radius 3 is 0.500 bits per heavy atom. The Bertz CT molecular complexity index is 4990. The Hall–Kier alpha value is -16.4. The molecule has 0 aliphatic carbocycles. The van der Waals surface area contributed by atoms with Crippen molar-refractivity contribution in [3.63, 3.8) is 0 Å². The van der Waals surface area contributed by atoms with Crippen molar-refractivity contribution in [2.45, 2.75) is 6.42 Å². The van der Waals surface area contributed by atoms with Crippen molar-refractivity contribution < 1.29 is 139 Å². The molecule has 0 saturated heterocycles. The van der Waals surface area contributed by atoms with Gasteiger partial charge >= 0.3 is 5.97 Å². The van der Waals surface area contributed by atoms with Crippen molar-refractivity contribution >= 4 is 171 Å². The van der Waals surface area contributed by atoms with Gasteiger partial charge in [0.1, 0.15) is 6.54 Å². The number of benzene rings is 1. The van der Waals surface area contributed by atoms with Gasteiger partial charge in [0.2, 0.25) is 148 Å². The van der Waals surface area contributed by atoms with Gasteiger partial charge < -0.3 is 128 Å². The third kappa shape index (κ3) is 42.4. The van der Waals surface area contributed by atoms with Crippen LogP contribution in [0.1, 0.15) is 5.56 Å². The number of imide groups is 1. The molecular weight excluding hydrogens is 1930 g/mol. The fourth-order valence-electron chi connectivity index (χ4n) is 12.3. The number of carbonyl (C=O) groups is 28. The summed E-state index contributed by atoms with van der Waals surface area (Å²) in [4.78, 5) is 392. The minimum absolute atomic E-state index is 0.165. The number of carbonyl (C=O) groups excluding carboxylic acids is 27. The lowest BCUT2D eigenvalue weighted by molar-refractivity contribution is -0.147. The fourth-order valence-corrected chi connectivity index (χ4v) is 12.3. The van der Waals surface area contributed by atoms with Gasteiger partial charge in [-0.1, -0.05) is 17.2 Å². The summed E-state index contributed by atoms with van der Waals surface area (Å²) >= 11 is 0. The molecule has 0 unspecified atom stereocenters. The van der Waals surface area contributed by atoms with Gasteiger partial charge in [-0.25, -0.2) is 4.90 Å². The smallest absolute Gasteiger partial charge is 0.323 e. The standard InChI is InChI=1S/C88H135N29O29/c1-92(34-64(121)93(2)36-66(123)95(4)38-68(125)97(6)40-70(127)99(8)42-72(129)101(10)44-74(131)103(12)46-76(133)105(14)48-78(135)107(16)50-80(137)109(18)52-82(139)111(20)54-84(141)113(22)56-86(143)115(24)58-88(145)146)65(122)35-94(3)67(124)37-96(5)69(126)39-98(7)71(128)41-100(9)73(130)43-102(11)75(132)45-104(13)77(134)47-106(15)79(136)49-108(17)81(138)51-110(19)83(140)53-112(21)85(142)55-114(23)87(144)57-116(32-31-90-91-89)63(120)33-59-25-27-60(28-26-59)117-61(118)29-30-62(117)119/h25-30H,31-58H2,1-24H3,(H,145,146). The summed E-state index contributed by atoms with van der Waals surface area (Å²) in [5.74, 6) is -20.0. The van der Waals surface area contributed by atoms with E-state index in [2.05, 4.69) is 10.0 Å². The highest BCUT2D eigenvalue weighted by Gasteiger charge is 2.35. The zero-order valence-electron chi connectivity index (χ0n) is 87.1. The molecular formula is C88H135N29O29. The van der Waals surface area contributed by atoms with E-state index in [4.69, 9.17) is 10.6 Å². The maximum Gasteiger partial charge on any atom is 0.323 e. The minimum Gasteiger partial charge on any atom is -0.480 e. The molecule has 0 spiro atoms. The summed E-state index contributed by atoms with van der Waals surface area (Å²) in [6.45, 7) is -14.3. The van der Waals surface area contributed by atoms with E-state index in [0.29, 0.717) is 5.56 Å². The number of hydrogen-bond donors (Lipinski definition) is 1. The highest BCUT2D eigenvalue weighted by atomic mass is 16.4. The van der Waals surface area contributed by atoms with Crippen LogP contribution < -0.4 is 4.90 Å². The number of rotatable bonds is 56. The van der Waals surface area contributed by atoms with Gasteiger partial charge in [0.15, 0.2) is 0 Å². The normalized spacial score (nSPS) is 11.0. The number of nitrogens with zero attached hydrogens (tertiary/aromatic N) is 29. The minimum atomic E-state index is -1.26. The van der Waals surface area contributed by atoms with Crippen molar-refractivity contribution in [2.24, 2.45) is 5.11 Å². The average molecular weight is 2060 g/mol. The number of likely N-dealkylation sites (N-methyl/N-ethyl adjacent to an activating group) is 24.